The summed E-state index contributed by atoms with van der Waals surface area (Å²) in [7, 11) is 1.62. The van der Waals surface area contributed by atoms with E-state index in [0.717, 1.165) is 12.0 Å². The molecular weight excluding hydrogens is 254 g/mol. The van der Waals surface area contributed by atoms with E-state index in [2.05, 4.69) is 5.32 Å². The van der Waals surface area contributed by atoms with E-state index in [4.69, 9.17) is 4.74 Å². The average molecular weight is 275 g/mol. The molecule has 2 amide bonds. The van der Waals surface area contributed by atoms with Crippen molar-refractivity contribution < 1.29 is 14.3 Å². The molecule has 0 bridgehead atoms. The number of nitrogens with one attached hydrogen (secondary N) is 1. The zero-order valence-electron chi connectivity index (χ0n) is 12.0. The van der Waals surface area contributed by atoms with Crippen LogP contribution in [0.3, 0.4) is 0 Å². The van der Waals surface area contributed by atoms with Crippen molar-refractivity contribution in [3.05, 3.63) is 35.9 Å². The minimum absolute atomic E-state index is 0.177. The molecule has 4 heteroatoms. The Kier molecular flexibility index (Phi) is 4.55. The number of hydrogen-bond donors (Lipinski definition) is 1. The normalized spacial score (nSPS) is 26.4. The maximum absolute atomic E-state index is 12.3. The predicted molar refractivity (Wildman–Crippen MR) is 76.0 cm³/mol. The number of amides is 2. The molecular formula is C16H21NO3. The fourth-order valence-electron chi connectivity index (χ4n) is 3.06. The molecule has 2 atom stereocenters. The summed E-state index contributed by atoms with van der Waals surface area (Å²) < 4.78 is 5.31. The smallest absolute Gasteiger partial charge is 0.230 e. The van der Waals surface area contributed by atoms with Crippen molar-refractivity contribution in [2.24, 2.45) is 11.3 Å². The summed E-state index contributed by atoms with van der Waals surface area (Å²) in [5, 5.41) is 2.46. The maximum Gasteiger partial charge on any atom is 0.230 e. The third kappa shape index (κ3) is 2.90. The third-order valence-electron chi connectivity index (χ3n) is 4.25. The first-order chi connectivity index (χ1) is 9.61. The van der Waals surface area contributed by atoms with Gasteiger partial charge in [-0.15, -0.1) is 0 Å². The van der Waals surface area contributed by atoms with Crippen molar-refractivity contribution in [2.45, 2.75) is 26.2 Å². The second-order valence-electron chi connectivity index (χ2n) is 5.48. The Balaban J connectivity index is 2.29. The predicted octanol–water partition coefficient (Wildman–Crippen LogP) is 1.93. The highest BCUT2D eigenvalue weighted by atomic mass is 16.5. The van der Waals surface area contributed by atoms with E-state index in [9.17, 15) is 9.59 Å². The molecule has 20 heavy (non-hydrogen) atoms. The van der Waals surface area contributed by atoms with Gasteiger partial charge in [0.25, 0.3) is 0 Å². The second kappa shape index (κ2) is 6.18. The molecule has 0 radical (unpaired) electrons. The van der Waals surface area contributed by atoms with Gasteiger partial charge in [-0.05, 0) is 18.4 Å². The minimum atomic E-state index is -0.399. The first-order valence-electron chi connectivity index (χ1n) is 6.98. The zero-order chi connectivity index (χ0) is 14.6. The maximum atomic E-state index is 12.3. The molecule has 2 unspecified atom stereocenters. The summed E-state index contributed by atoms with van der Waals surface area (Å²) >= 11 is 0. The van der Waals surface area contributed by atoms with E-state index >= 15 is 0 Å². The summed E-state index contributed by atoms with van der Waals surface area (Å²) in [5.74, 6) is -0.602. The number of ether oxygens (including phenoxy) is 1. The van der Waals surface area contributed by atoms with Crippen LogP contribution < -0.4 is 5.32 Å². The molecule has 1 aliphatic rings. The number of rotatable bonds is 5. The third-order valence-corrected chi connectivity index (χ3v) is 4.25. The van der Waals surface area contributed by atoms with Crippen molar-refractivity contribution >= 4 is 11.8 Å². The summed E-state index contributed by atoms with van der Waals surface area (Å²) in [4.78, 5) is 24.0. The molecule has 0 aromatic heterocycles. The van der Waals surface area contributed by atoms with Crippen LogP contribution in [0.4, 0.5) is 0 Å². The lowest BCUT2D eigenvalue weighted by molar-refractivity contribution is -0.147. The zero-order valence-corrected chi connectivity index (χ0v) is 12.0. The van der Waals surface area contributed by atoms with E-state index in [1.807, 2.05) is 37.3 Å². The van der Waals surface area contributed by atoms with Crippen LogP contribution in [0.1, 0.15) is 25.3 Å². The Hall–Kier alpha value is -1.68. The second-order valence-corrected chi connectivity index (χ2v) is 5.48. The lowest BCUT2D eigenvalue weighted by atomic mass is 9.66. The molecule has 0 spiro atoms. The molecule has 2 rings (SSSR count). The molecule has 1 aromatic rings. The lowest BCUT2D eigenvalue weighted by Gasteiger charge is -2.41. The molecule has 1 N–H and O–H groups in total. The molecule has 1 aromatic carbocycles. The standard InChI is InChI=1S/C16H21NO3/c1-3-16(11-20-2)10-14(18)17-15(19)13(16)9-12-7-5-4-6-8-12/h4-8,13H,3,9-11H2,1-2H3,(H,17,18,19). The Bertz CT molecular complexity index is 486. The van der Waals surface area contributed by atoms with Gasteiger partial charge in [0.2, 0.25) is 11.8 Å². The van der Waals surface area contributed by atoms with Crippen molar-refractivity contribution in [1.82, 2.24) is 5.32 Å². The van der Waals surface area contributed by atoms with Crippen molar-refractivity contribution in [3.63, 3.8) is 0 Å². The monoisotopic (exact) mass is 275 g/mol. The van der Waals surface area contributed by atoms with Gasteiger partial charge in [-0.2, -0.15) is 0 Å². The quantitative estimate of drug-likeness (QED) is 0.835. The van der Waals surface area contributed by atoms with Gasteiger partial charge in [0.1, 0.15) is 0 Å². The van der Waals surface area contributed by atoms with Crippen molar-refractivity contribution in [1.29, 1.82) is 0 Å². The highest BCUT2D eigenvalue weighted by Gasteiger charge is 2.47. The van der Waals surface area contributed by atoms with Crippen LogP contribution in [-0.2, 0) is 20.7 Å². The van der Waals surface area contributed by atoms with Crippen LogP contribution in [0.15, 0.2) is 30.3 Å². The van der Waals surface area contributed by atoms with Gasteiger partial charge in [0, 0.05) is 18.9 Å². The van der Waals surface area contributed by atoms with E-state index in [0.29, 0.717) is 19.4 Å². The summed E-state index contributed by atoms with van der Waals surface area (Å²) in [6, 6.07) is 9.90. The van der Waals surface area contributed by atoms with Gasteiger partial charge in [-0.1, -0.05) is 37.3 Å². The Morgan fingerprint density at radius 1 is 1.30 bits per heavy atom. The van der Waals surface area contributed by atoms with Gasteiger partial charge < -0.3 is 4.74 Å². The molecule has 1 saturated heterocycles. The number of benzene rings is 1. The first kappa shape index (κ1) is 14.7. The van der Waals surface area contributed by atoms with Crippen LogP contribution in [-0.4, -0.2) is 25.5 Å². The van der Waals surface area contributed by atoms with E-state index in [-0.39, 0.29) is 17.7 Å². The van der Waals surface area contributed by atoms with Gasteiger partial charge in [-0.3, -0.25) is 14.9 Å². The SMILES string of the molecule is CCC1(COC)CC(=O)NC(=O)C1Cc1ccccc1. The van der Waals surface area contributed by atoms with Crippen LogP contribution in [0.5, 0.6) is 0 Å². The van der Waals surface area contributed by atoms with Crippen LogP contribution in [0, 0.1) is 11.3 Å². The Labute approximate surface area is 119 Å². The topological polar surface area (TPSA) is 55.4 Å². The van der Waals surface area contributed by atoms with Crippen molar-refractivity contribution in [3.8, 4) is 0 Å². The molecule has 1 heterocycles. The fraction of sp³-hybridized carbons (Fsp3) is 0.500. The number of methoxy groups -OCH3 is 1. The van der Waals surface area contributed by atoms with Gasteiger partial charge in [0.15, 0.2) is 0 Å². The molecule has 0 aliphatic carbocycles. The first-order valence-corrected chi connectivity index (χ1v) is 6.98. The number of imide groups is 1. The summed E-state index contributed by atoms with van der Waals surface area (Å²) in [5.41, 5.74) is 0.709. The minimum Gasteiger partial charge on any atom is -0.384 e. The van der Waals surface area contributed by atoms with Crippen LogP contribution in [0.25, 0.3) is 0 Å². The summed E-state index contributed by atoms with van der Waals surface area (Å²) in [6.45, 7) is 2.45. The van der Waals surface area contributed by atoms with Crippen LogP contribution in [0.2, 0.25) is 0 Å². The molecule has 0 saturated carbocycles. The molecule has 4 nitrogen and oxygen atoms in total. The highest BCUT2D eigenvalue weighted by molar-refractivity contribution is 5.99. The van der Waals surface area contributed by atoms with Crippen LogP contribution >= 0.6 is 0 Å². The lowest BCUT2D eigenvalue weighted by Crippen LogP contribution is -2.54. The summed E-state index contributed by atoms with van der Waals surface area (Å²) in [6.07, 6.45) is 1.73. The van der Waals surface area contributed by atoms with Crippen molar-refractivity contribution in [2.75, 3.05) is 13.7 Å². The number of carbonyl (C=O) groups excluding carboxylic acids is 2. The number of hydrogen-bond acceptors (Lipinski definition) is 3. The van der Waals surface area contributed by atoms with Gasteiger partial charge in [-0.25, -0.2) is 0 Å². The number of carbonyl (C=O) groups is 2. The molecule has 1 fully saturated rings. The van der Waals surface area contributed by atoms with Gasteiger partial charge >= 0.3 is 0 Å². The van der Waals surface area contributed by atoms with E-state index < -0.39 is 5.41 Å². The van der Waals surface area contributed by atoms with E-state index in [1.54, 1.807) is 7.11 Å². The Morgan fingerprint density at radius 3 is 2.60 bits per heavy atom. The van der Waals surface area contributed by atoms with Gasteiger partial charge in [0.05, 0.1) is 12.5 Å². The average Bonchev–Trinajstić information content (AvgIpc) is 2.44. The fourth-order valence-corrected chi connectivity index (χ4v) is 3.06. The molecule has 108 valence electrons. The largest absolute Gasteiger partial charge is 0.384 e. The van der Waals surface area contributed by atoms with E-state index in [1.165, 1.54) is 0 Å². The number of piperidine rings is 1. The molecule has 1 aliphatic heterocycles. The Morgan fingerprint density at radius 2 is 2.00 bits per heavy atom. The highest BCUT2D eigenvalue weighted by Crippen LogP contribution is 2.40.